The van der Waals surface area contributed by atoms with Crippen LogP contribution in [0.2, 0.25) is 0 Å². The highest BCUT2D eigenvalue weighted by atomic mass is 19.4. The van der Waals surface area contributed by atoms with Gasteiger partial charge in [0, 0.05) is 6.61 Å². The van der Waals surface area contributed by atoms with Crippen LogP contribution >= 0.6 is 0 Å². The van der Waals surface area contributed by atoms with E-state index >= 15 is 0 Å². The molecule has 0 bridgehead atoms. The fourth-order valence-corrected chi connectivity index (χ4v) is 4.38. The second-order valence-electron chi connectivity index (χ2n) is 9.45. The van der Waals surface area contributed by atoms with Gasteiger partial charge in [0.2, 0.25) is 0 Å². The van der Waals surface area contributed by atoms with Crippen molar-refractivity contribution in [3.63, 3.8) is 0 Å². The molecule has 0 aliphatic carbocycles. The third-order valence-corrected chi connectivity index (χ3v) is 6.32. The topological polar surface area (TPSA) is 9.23 Å². The van der Waals surface area contributed by atoms with Crippen molar-refractivity contribution >= 4 is 0 Å². The molecular weight excluding hydrogens is 442 g/mol. The molecule has 1 aromatic rings. The molecule has 1 aromatic carbocycles. The summed E-state index contributed by atoms with van der Waals surface area (Å²) in [7, 11) is 0. The number of halogens is 6. The van der Waals surface area contributed by atoms with Crippen molar-refractivity contribution in [3.05, 3.63) is 34.9 Å². The van der Waals surface area contributed by atoms with E-state index in [1.807, 2.05) is 6.92 Å². The van der Waals surface area contributed by atoms with Gasteiger partial charge in [-0.15, -0.1) is 0 Å². The van der Waals surface area contributed by atoms with E-state index in [1.165, 1.54) is 32.1 Å². The minimum atomic E-state index is -4.81. The smallest absolute Gasteiger partial charge is 0.376 e. The number of ether oxygens (including phenoxy) is 1. The molecule has 0 saturated heterocycles. The maximum atomic E-state index is 13.1. The summed E-state index contributed by atoms with van der Waals surface area (Å²) in [6.45, 7) is 8.88. The van der Waals surface area contributed by atoms with Gasteiger partial charge in [0.05, 0.1) is 16.7 Å². The highest BCUT2D eigenvalue weighted by Crippen LogP contribution is 2.37. The summed E-state index contributed by atoms with van der Waals surface area (Å²) in [6.07, 6.45) is 0.883. The normalized spacial score (nSPS) is 14.0. The van der Waals surface area contributed by atoms with Crippen molar-refractivity contribution in [1.82, 2.24) is 0 Å². The minimum Gasteiger partial charge on any atom is -0.376 e. The zero-order valence-corrected chi connectivity index (χ0v) is 20.5. The lowest BCUT2D eigenvalue weighted by Crippen LogP contribution is -2.34. The van der Waals surface area contributed by atoms with E-state index in [1.54, 1.807) is 0 Å². The fourth-order valence-electron chi connectivity index (χ4n) is 4.38. The van der Waals surface area contributed by atoms with Gasteiger partial charge in [-0.3, -0.25) is 0 Å². The Kier molecular flexibility index (Phi) is 12.3. The van der Waals surface area contributed by atoms with Gasteiger partial charge in [0.15, 0.2) is 0 Å². The van der Waals surface area contributed by atoms with E-state index < -0.39 is 23.5 Å². The SMILES string of the molecule is CCCCCCCCC(CCCCc1cc(C(F)(F)F)cc(C(F)(F)F)c1)C(C)(C)OCC. The molecule has 0 aliphatic rings. The Bertz CT molecular complexity index is 646. The number of rotatable bonds is 15. The standard InChI is InChI=1S/C26H40F6O/c1-5-7-8-9-10-11-15-21(24(3,4)33-6-2)16-13-12-14-20-17-22(25(27,28)29)19-23(18-20)26(30,31)32/h17-19,21H,5-16H2,1-4H3. The second kappa shape index (κ2) is 13.6. The van der Waals surface area contributed by atoms with Crippen LogP contribution in [-0.2, 0) is 23.5 Å². The van der Waals surface area contributed by atoms with E-state index in [4.69, 9.17) is 4.74 Å². The molecule has 0 fully saturated rings. The lowest BCUT2D eigenvalue weighted by Gasteiger charge is -2.34. The highest BCUT2D eigenvalue weighted by Gasteiger charge is 2.36. The second-order valence-corrected chi connectivity index (χ2v) is 9.45. The van der Waals surface area contributed by atoms with Crippen LogP contribution in [0.1, 0.15) is 109 Å². The van der Waals surface area contributed by atoms with Crippen LogP contribution in [0.25, 0.3) is 0 Å². The maximum absolute atomic E-state index is 13.1. The van der Waals surface area contributed by atoms with Gasteiger partial charge in [-0.1, -0.05) is 51.9 Å². The predicted octanol–water partition coefficient (Wildman–Crippen LogP) is 9.62. The molecule has 0 amide bonds. The third kappa shape index (κ3) is 11.2. The molecule has 1 nitrogen and oxygen atoms in total. The molecule has 0 heterocycles. The first kappa shape index (κ1) is 29.8. The Morgan fingerprint density at radius 3 is 1.67 bits per heavy atom. The van der Waals surface area contributed by atoms with Crippen LogP contribution in [-0.4, -0.2) is 12.2 Å². The molecule has 0 spiro atoms. The van der Waals surface area contributed by atoms with E-state index in [9.17, 15) is 26.3 Å². The summed E-state index contributed by atoms with van der Waals surface area (Å²) in [4.78, 5) is 0. The molecule has 7 heteroatoms. The number of unbranched alkanes of at least 4 members (excludes halogenated alkanes) is 6. The molecule has 0 saturated carbocycles. The van der Waals surface area contributed by atoms with E-state index in [0.717, 1.165) is 37.8 Å². The van der Waals surface area contributed by atoms with Crippen molar-refractivity contribution in [2.45, 2.75) is 116 Å². The number of aryl methyl sites for hydroxylation is 1. The van der Waals surface area contributed by atoms with E-state index in [2.05, 4.69) is 20.8 Å². The van der Waals surface area contributed by atoms with Gasteiger partial charge < -0.3 is 4.74 Å². The van der Waals surface area contributed by atoms with Gasteiger partial charge in [-0.25, -0.2) is 0 Å². The number of hydrogen-bond donors (Lipinski definition) is 0. The van der Waals surface area contributed by atoms with Crippen LogP contribution < -0.4 is 0 Å². The first-order valence-corrected chi connectivity index (χ1v) is 12.2. The van der Waals surface area contributed by atoms with Crippen molar-refractivity contribution < 1.29 is 31.1 Å². The summed E-state index contributed by atoms with van der Waals surface area (Å²) < 4.78 is 84.4. The first-order valence-electron chi connectivity index (χ1n) is 12.2. The molecule has 0 radical (unpaired) electrons. The number of hydrogen-bond acceptors (Lipinski definition) is 1. The van der Waals surface area contributed by atoms with Crippen molar-refractivity contribution in [1.29, 1.82) is 0 Å². The average molecular weight is 483 g/mol. The zero-order valence-electron chi connectivity index (χ0n) is 20.5. The summed E-state index contributed by atoms with van der Waals surface area (Å²) in [5.41, 5.74) is -2.72. The first-order chi connectivity index (χ1) is 15.3. The van der Waals surface area contributed by atoms with E-state index in [0.29, 0.717) is 18.9 Å². The molecule has 1 atom stereocenters. The largest absolute Gasteiger partial charge is 0.416 e. The lowest BCUT2D eigenvalue weighted by molar-refractivity contribution is -0.143. The third-order valence-electron chi connectivity index (χ3n) is 6.32. The molecule has 0 aromatic heterocycles. The summed E-state index contributed by atoms with van der Waals surface area (Å²) in [5, 5.41) is 0. The van der Waals surface area contributed by atoms with Crippen LogP contribution in [0.4, 0.5) is 26.3 Å². The van der Waals surface area contributed by atoms with Crippen LogP contribution in [0.15, 0.2) is 18.2 Å². The van der Waals surface area contributed by atoms with Crippen molar-refractivity contribution in [2.75, 3.05) is 6.61 Å². The molecular formula is C26H40F6O. The quantitative estimate of drug-likeness (QED) is 0.179. The summed E-state index contributed by atoms with van der Waals surface area (Å²) in [6, 6.07) is 1.87. The van der Waals surface area contributed by atoms with Crippen LogP contribution in [0.5, 0.6) is 0 Å². The van der Waals surface area contributed by atoms with Crippen LogP contribution in [0, 0.1) is 5.92 Å². The predicted molar refractivity (Wildman–Crippen MR) is 121 cm³/mol. The molecule has 33 heavy (non-hydrogen) atoms. The van der Waals surface area contributed by atoms with Crippen LogP contribution in [0.3, 0.4) is 0 Å². The van der Waals surface area contributed by atoms with Gasteiger partial charge in [-0.05, 0) is 76.1 Å². The fraction of sp³-hybridized carbons (Fsp3) is 0.769. The highest BCUT2D eigenvalue weighted by molar-refractivity contribution is 5.33. The Balaban J connectivity index is 2.72. The number of benzene rings is 1. The Morgan fingerprint density at radius 2 is 1.18 bits per heavy atom. The summed E-state index contributed by atoms with van der Waals surface area (Å²) >= 11 is 0. The number of alkyl halides is 6. The Labute approximate surface area is 195 Å². The molecule has 0 N–H and O–H groups in total. The van der Waals surface area contributed by atoms with Crippen molar-refractivity contribution in [3.8, 4) is 0 Å². The molecule has 0 aliphatic heterocycles. The van der Waals surface area contributed by atoms with Gasteiger partial charge in [-0.2, -0.15) is 26.3 Å². The Hall–Kier alpha value is -1.24. The van der Waals surface area contributed by atoms with Crippen molar-refractivity contribution in [2.24, 2.45) is 5.92 Å². The van der Waals surface area contributed by atoms with E-state index in [-0.39, 0.29) is 23.7 Å². The van der Waals surface area contributed by atoms with Gasteiger partial charge in [0.25, 0.3) is 0 Å². The van der Waals surface area contributed by atoms with Gasteiger partial charge in [0.1, 0.15) is 0 Å². The average Bonchev–Trinajstić information content (AvgIpc) is 2.70. The maximum Gasteiger partial charge on any atom is 0.416 e. The Morgan fingerprint density at radius 1 is 0.697 bits per heavy atom. The zero-order chi connectivity index (χ0) is 25.1. The monoisotopic (exact) mass is 482 g/mol. The molecule has 1 unspecified atom stereocenters. The minimum absolute atomic E-state index is 0.0775. The lowest BCUT2D eigenvalue weighted by atomic mass is 9.82. The summed E-state index contributed by atoms with van der Waals surface area (Å²) in [5.74, 6) is 0.302. The molecule has 1 rings (SSSR count). The van der Waals surface area contributed by atoms with Gasteiger partial charge >= 0.3 is 12.4 Å². The molecule has 192 valence electrons.